The second-order valence-electron chi connectivity index (χ2n) is 4.92. The lowest BCUT2D eigenvalue weighted by atomic mass is 10.4. The molecular formula is C12H20F3N7O. The molecule has 1 aromatic rings. The van der Waals surface area contributed by atoms with Crippen molar-refractivity contribution in [1.29, 1.82) is 0 Å². The van der Waals surface area contributed by atoms with Gasteiger partial charge in [0.2, 0.25) is 5.91 Å². The van der Waals surface area contributed by atoms with E-state index in [1.807, 2.05) is 0 Å². The molecule has 1 N–H and O–H groups in total. The van der Waals surface area contributed by atoms with E-state index in [1.165, 1.54) is 13.4 Å². The molecule has 23 heavy (non-hydrogen) atoms. The topological polar surface area (TPSA) is 78.7 Å². The minimum atomic E-state index is -4.42. The maximum absolute atomic E-state index is 12.2. The van der Waals surface area contributed by atoms with Gasteiger partial charge in [0.25, 0.3) is 0 Å². The molecule has 0 fully saturated rings. The number of rotatable bonds is 5. The minimum absolute atomic E-state index is 0.289. The SMILES string of the molecule is CN=C(NCC(=O)N(C)CC(F)(F)F)N(C)Cc1ncnn1C. The van der Waals surface area contributed by atoms with E-state index >= 15 is 0 Å². The van der Waals surface area contributed by atoms with Gasteiger partial charge in [0.1, 0.15) is 18.7 Å². The summed E-state index contributed by atoms with van der Waals surface area (Å²) in [6.07, 6.45) is -3.01. The maximum Gasteiger partial charge on any atom is 0.406 e. The van der Waals surface area contributed by atoms with Crippen molar-refractivity contribution < 1.29 is 18.0 Å². The Morgan fingerprint density at radius 3 is 2.52 bits per heavy atom. The summed E-state index contributed by atoms with van der Waals surface area (Å²) >= 11 is 0. The van der Waals surface area contributed by atoms with Crippen LogP contribution in [0, 0.1) is 0 Å². The number of aromatic nitrogens is 3. The molecule has 8 nitrogen and oxygen atoms in total. The summed E-state index contributed by atoms with van der Waals surface area (Å²) in [6, 6.07) is 0. The highest BCUT2D eigenvalue weighted by atomic mass is 19.4. The van der Waals surface area contributed by atoms with E-state index in [-0.39, 0.29) is 6.54 Å². The predicted octanol–water partition coefficient (Wildman–Crippen LogP) is -0.157. The number of aryl methyl sites for hydroxylation is 1. The summed E-state index contributed by atoms with van der Waals surface area (Å²) in [5.41, 5.74) is 0. The molecule has 1 aromatic heterocycles. The Balaban J connectivity index is 2.53. The standard InChI is InChI=1S/C12H20F3N7O/c1-16-11(20(2)6-9-18-8-19-22(9)4)17-5-10(23)21(3)7-12(13,14)15/h8H,5-7H2,1-4H3,(H,16,17). The number of guanidine groups is 1. The third-order valence-electron chi connectivity index (χ3n) is 3.00. The zero-order valence-electron chi connectivity index (χ0n) is 13.4. The third-order valence-corrected chi connectivity index (χ3v) is 3.00. The first-order valence-corrected chi connectivity index (χ1v) is 6.69. The largest absolute Gasteiger partial charge is 0.406 e. The molecule has 11 heteroatoms. The molecule has 0 aliphatic heterocycles. The van der Waals surface area contributed by atoms with Crippen LogP contribution in [-0.2, 0) is 18.4 Å². The van der Waals surface area contributed by atoms with Gasteiger partial charge >= 0.3 is 6.18 Å². The van der Waals surface area contributed by atoms with Crippen LogP contribution in [0.4, 0.5) is 13.2 Å². The van der Waals surface area contributed by atoms with Crippen molar-refractivity contribution >= 4 is 11.9 Å². The van der Waals surface area contributed by atoms with Crippen LogP contribution in [0.2, 0.25) is 0 Å². The van der Waals surface area contributed by atoms with Crippen LogP contribution in [0.3, 0.4) is 0 Å². The highest BCUT2D eigenvalue weighted by Crippen LogP contribution is 2.15. The van der Waals surface area contributed by atoms with Crippen LogP contribution in [0.25, 0.3) is 0 Å². The Morgan fingerprint density at radius 2 is 2.04 bits per heavy atom. The monoisotopic (exact) mass is 335 g/mol. The number of carbonyl (C=O) groups excluding carboxylic acids is 1. The lowest BCUT2D eigenvalue weighted by Crippen LogP contribution is -2.46. The van der Waals surface area contributed by atoms with E-state index < -0.39 is 18.6 Å². The Hall–Kier alpha value is -2.33. The first-order chi connectivity index (χ1) is 10.6. The Labute approximate surface area is 132 Å². The van der Waals surface area contributed by atoms with Gasteiger partial charge in [0.05, 0.1) is 13.1 Å². The minimum Gasteiger partial charge on any atom is -0.347 e. The number of nitrogens with zero attached hydrogens (tertiary/aromatic N) is 6. The van der Waals surface area contributed by atoms with Crippen molar-refractivity contribution in [2.24, 2.45) is 12.0 Å². The molecular weight excluding hydrogens is 315 g/mol. The molecule has 0 aliphatic carbocycles. The Morgan fingerprint density at radius 1 is 1.39 bits per heavy atom. The highest BCUT2D eigenvalue weighted by molar-refractivity contribution is 5.86. The van der Waals surface area contributed by atoms with Gasteiger partial charge in [0, 0.05) is 28.2 Å². The average Bonchev–Trinajstić information content (AvgIpc) is 2.82. The van der Waals surface area contributed by atoms with Crippen LogP contribution in [0.5, 0.6) is 0 Å². The molecule has 0 unspecified atom stereocenters. The molecule has 1 rings (SSSR count). The van der Waals surface area contributed by atoms with E-state index in [0.29, 0.717) is 23.2 Å². The lowest BCUT2D eigenvalue weighted by Gasteiger charge is -2.23. The fraction of sp³-hybridized carbons (Fsp3) is 0.667. The molecule has 1 amide bonds. The van der Waals surface area contributed by atoms with E-state index in [4.69, 9.17) is 0 Å². The molecule has 0 radical (unpaired) electrons. The van der Waals surface area contributed by atoms with Gasteiger partial charge in [-0.25, -0.2) is 4.98 Å². The molecule has 0 saturated carbocycles. The van der Waals surface area contributed by atoms with Crippen LogP contribution in [0.15, 0.2) is 11.3 Å². The summed E-state index contributed by atoms with van der Waals surface area (Å²) in [5.74, 6) is 0.355. The summed E-state index contributed by atoms with van der Waals surface area (Å²) in [4.78, 5) is 22.0. The number of hydrogen-bond donors (Lipinski definition) is 1. The number of carbonyl (C=O) groups is 1. The van der Waals surface area contributed by atoms with Crippen LogP contribution in [0.1, 0.15) is 5.82 Å². The lowest BCUT2D eigenvalue weighted by molar-refractivity contribution is -0.157. The van der Waals surface area contributed by atoms with Gasteiger partial charge in [-0.3, -0.25) is 14.5 Å². The number of amides is 1. The van der Waals surface area contributed by atoms with Crippen LogP contribution >= 0.6 is 0 Å². The van der Waals surface area contributed by atoms with Crippen molar-refractivity contribution in [2.75, 3.05) is 34.2 Å². The van der Waals surface area contributed by atoms with E-state index in [9.17, 15) is 18.0 Å². The smallest absolute Gasteiger partial charge is 0.347 e. The average molecular weight is 335 g/mol. The first-order valence-electron chi connectivity index (χ1n) is 6.69. The predicted molar refractivity (Wildman–Crippen MR) is 77.5 cm³/mol. The highest BCUT2D eigenvalue weighted by Gasteiger charge is 2.31. The number of hydrogen-bond acceptors (Lipinski definition) is 4. The molecule has 130 valence electrons. The number of aliphatic imine (C=N–C) groups is 1. The summed E-state index contributed by atoms with van der Waals surface area (Å²) in [6.45, 7) is -1.20. The number of alkyl halides is 3. The molecule has 0 saturated heterocycles. The van der Waals surface area contributed by atoms with Gasteiger partial charge in [-0.15, -0.1) is 0 Å². The molecule has 0 spiro atoms. The van der Waals surface area contributed by atoms with Crippen LogP contribution < -0.4 is 5.32 Å². The van der Waals surface area contributed by atoms with E-state index in [0.717, 1.165) is 7.05 Å². The molecule has 0 aliphatic rings. The van der Waals surface area contributed by atoms with Crippen molar-refractivity contribution in [2.45, 2.75) is 12.7 Å². The summed E-state index contributed by atoms with van der Waals surface area (Å²) in [5, 5.41) is 6.67. The van der Waals surface area contributed by atoms with E-state index in [1.54, 1.807) is 23.7 Å². The first kappa shape index (κ1) is 18.7. The van der Waals surface area contributed by atoms with Crippen molar-refractivity contribution in [3.05, 3.63) is 12.2 Å². The quantitative estimate of drug-likeness (QED) is 0.598. The van der Waals surface area contributed by atoms with Crippen LogP contribution in [-0.4, -0.2) is 76.8 Å². The van der Waals surface area contributed by atoms with Gasteiger partial charge in [-0.1, -0.05) is 0 Å². The van der Waals surface area contributed by atoms with Crippen molar-refractivity contribution in [3.8, 4) is 0 Å². The number of likely N-dealkylation sites (N-methyl/N-ethyl adjacent to an activating group) is 1. The second-order valence-corrected chi connectivity index (χ2v) is 4.92. The van der Waals surface area contributed by atoms with Gasteiger partial charge in [-0.2, -0.15) is 18.3 Å². The molecule has 0 aromatic carbocycles. The maximum atomic E-state index is 12.2. The fourth-order valence-electron chi connectivity index (χ4n) is 1.78. The Bertz CT molecular complexity index is 555. The summed E-state index contributed by atoms with van der Waals surface area (Å²) < 4.78 is 38.3. The van der Waals surface area contributed by atoms with Gasteiger partial charge in [-0.05, 0) is 0 Å². The second kappa shape index (κ2) is 7.79. The normalized spacial score (nSPS) is 12.2. The van der Waals surface area contributed by atoms with Crippen molar-refractivity contribution in [1.82, 2.24) is 29.9 Å². The van der Waals surface area contributed by atoms with E-state index in [2.05, 4.69) is 20.4 Å². The Kier molecular flexibility index (Phi) is 6.34. The molecule has 1 heterocycles. The van der Waals surface area contributed by atoms with Crippen molar-refractivity contribution in [3.63, 3.8) is 0 Å². The van der Waals surface area contributed by atoms with Gasteiger partial charge < -0.3 is 15.1 Å². The number of nitrogens with one attached hydrogen (secondary N) is 1. The molecule has 0 bridgehead atoms. The third kappa shape index (κ3) is 6.12. The zero-order valence-corrected chi connectivity index (χ0v) is 13.4. The summed E-state index contributed by atoms with van der Waals surface area (Å²) in [7, 11) is 6.07. The number of halogens is 3. The fourth-order valence-corrected chi connectivity index (χ4v) is 1.78. The molecule has 0 atom stereocenters. The zero-order chi connectivity index (χ0) is 17.6. The van der Waals surface area contributed by atoms with Gasteiger partial charge in [0.15, 0.2) is 5.96 Å².